The van der Waals surface area contributed by atoms with Crippen LogP contribution in [-0.2, 0) is 52.2 Å². The lowest BCUT2D eigenvalue weighted by molar-refractivity contribution is -0.372. The maximum atomic E-state index is 15.4. The molecule has 32 atom stereocenters. The van der Waals surface area contributed by atoms with Gasteiger partial charge in [-0.3, -0.25) is 4.79 Å². The molecule has 10 aliphatic rings. The molecule has 0 amide bonds. The Morgan fingerprint density at radius 2 is 1.25 bits per heavy atom. The highest BCUT2D eigenvalue weighted by molar-refractivity contribution is 5.80. The first kappa shape index (κ1) is 65.2. The van der Waals surface area contributed by atoms with Crippen molar-refractivity contribution in [3.8, 4) is 0 Å². The fraction of sp³-hybridized carbons (Fsp3) is 0.947. The molecule has 0 bridgehead atoms. The van der Waals surface area contributed by atoms with E-state index in [1.807, 2.05) is 6.92 Å². The molecular formula is C57H92O27. The van der Waals surface area contributed by atoms with Gasteiger partial charge < -0.3 is 129 Å². The van der Waals surface area contributed by atoms with E-state index in [0.717, 1.165) is 5.57 Å². The molecule has 0 aromatic rings. The highest BCUT2D eigenvalue weighted by atomic mass is 16.8. The monoisotopic (exact) mass is 1210 g/mol. The van der Waals surface area contributed by atoms with Crippen LogP contribution in [0.25, 0.3) is 0 Å². The highest BCUT2D eigenvalue weighted by Gasteiger charge is 2.73. The van der Waals surface area contributed by atoms with Gasteiger partial charge in [0.25, 0.3) is 0 Å². The van der Waals surface area contributed by atoms with Crippen LogP contribution >= 0.6 is 0 Å². The van der Waals surface area contributed by atoms with Gasteiger partial charge in [0.1, 0.15) is 90.4 Å². The van der Waals surface area contributed by atoms with Crippen molar-refractivity contribution in [2.45, 2.75) is 247 Å². The number of fused-ring (bicyclic) bond motifs is 7. The van der Waals surface area contributed by atoms with Gasteiger partial charge in [0, 0.05) is 5.41 Å². The topological polar surface area (TPSA) is 433 Å². The molecule has 16 N–H and O–H groups in total. The van der Waals surface area contributed by atoms with Gasteiger partial charge in [-0.2, -0.15) is 0 Å². The van der Waals surface area contributed by atoms with Crippen molar-refractivity contribution in [3.05, 3.63) is 11.6 Å². The lowest BCUT2D eigenvalue weighted by atomic mass is 9.33. The number of carbonyl (C=O) groups is 1. The molecule has 5 saturated heterocycles. The van der Waals surface area contributed by atoms with Crippen LogP contribution in [0.3, 0.4) is 0 Å². The number of carbonyl (C=O) groups excluding carboxylic acids is 1. The quantitative estimate of drug-likeness (QED) is 0.0471. The van der Waals surface area contributed by atoms with Gasteiger partial charge in [-0.25, -0.2) is 0 Å². The molecule has 5 aliphatic heterocycles. The number of hydrogen-bond acceptors (Lipinski definition) is 27. The number of aliphatic hydroxyl groups excluding tert-OH is 15. The molecule has 0 aromatic heterocycles. The number of esters is 1. The van der Waals surface area contributed by atoms with Crippen LogP contribution in [0.1, 0.15) is 99.8 Å². The Bertz CT molecular complexity index is 2370. The van der Waals surface area contributed by atoms with E-state index in [9.17, 15) is 81.7 Å². The molecule has 5 heterocycles. The van der Waals surface area contributed by atoms with Crippen molar-refractivity contribution in [2.24, 2.45) is 50.2 Å². The number of allylic oxidation sites excluding steroid dienone is 2. The molecule has 482 valence electrons. The van der Waals surface area contributed by atoms with Gasteiger partial charge in [-0.1, -0.05) is 53.2 Å². The van der Waals surface area contributed by atoms with Gasteiger partial charge in [0.2, 0.25) is 6.29 Å². The second kappa shape index (κ2) is 23.5. The van der Waals surface area contributed by atoms with E-state index in [1.165, 1.54) is 6.92 Å². The third kappa shape index (κ3) is 10.4. The summed E-state index contributed by atoms with van der Waals surface area (Å²) in [5, 5.41) is 176. The molecule has 0 radical (unpaired) electrons. The first-order chi connectivity index (χ1) is 39.3. The molecule has 27 nitrogen and oxygen atoms in total. The lowest BCUT2D eigenvalue weighted by Gasteiger charge is -2.72. The Labute approximate surface area is 486 Å². The van der Waals surface area contributed by atoms with Crippen molar-refractivity contribution in [2.75, 3.05) is 39.6 Å². The van der Waals surface area contributed by atoms with Crippen LogP contribution < -0.4 is 0 Å². The summed E-state index contributed by atoms with van der Waals surface area (Å²) in [5.41, 5.74) is -6.04. The maximum absolute atomic E-state index is 15.4. The Morgan fingerprint density at radius 3 is 1.92 bits per heavy atom. The third-order valence-electron chi connectivity index (χ3n) is 22.6. The Kier molecular flexibility index (Phi) is 18.2. The number of aliphatic hydroxyl groups is 16. The molecule has 4 saturated carbocycles. The zero-order valence-electron chi connectivity index (χ0n) is 48.6. The SMILES string of the molecule is C[C@@H]1O[C@@H](O[C@H]2[C@H](OC(=O)[C@]34CCC(C)(C)C[C@@H]3C3=CC[C@@H]5[C@@]6(C)C[C@H](O)[C@H](O[C@@H]7O[C@H](CO)[C@@H](O)[C@H](O)[C@H]7O)[C@@](C)(CO)[C@@H]6CC[C@@]5(C)[C@]3(C)C[C@H]4O)OC[C@H](O)[C@@H]2O)[C@H](O)[C@H](O)[C@H]1O[C@@H]1OC[C@@H](O)[C@H](O[C@@H]2OC[C@](O)(CO)[C@H]2O)[C@H]1O. The predicted octanol–water partition coefficient (Wildman–Crippen LogP) is -4.35. The summed E-state index contributed by atoms with van der Waals surface area (Å²) in [6.07, 6.45) is -31.2. The summed E-state index contributed by atoms with van der Waals surface area (Å²) in [6.45, 7) is 10.4. The summed E-state index contributed by atoms with van der Waals surface area (Å²) in [6, 6.07) is 0. The second-order valence-corrected chi connectivity index (χ2v) is 28.0. The van der Waals surface area contributed by atoms with E-state index >= 15 is 4.79 Å². The van der Waals surface area contributed by atoms with E-state index in [1.54, 1.807) is 0 Å². The Morgan fingerprint density at radius 1 is 0.607 bits per heavy atom. The molecule has 0 unspecified atom stereocenters. The van der Waals surface area contributed by atoms with Crippen LogP contribution in [0.15, 0.2) is 11.6 Å². The Balaban J connectivity index is 0.858. The molecule has 5 aliphatic carbocycles. The van der Waals surface area contributed by atoms with Crippen LogP contribution in [-0.4, -0.2) is 274 Å². The van der Waals surface area contributed by atoms with Crippen LogP contribution in [0.2, 0.25) is 0 Å². The standard InChI is InChI=1S/C57H92O27/c1-23-40(80-45-39(71)41(28(63)19-75-45)81-49-43(72)56(74,21-60)22-77-49)36(68)38(70)46(78-23)82-42-33(65)27(62)18-76-48(42)84-50(73)57-13-12-51(2,3)14-25(57)24-8-9-31-52(4)15-26(61)44(83-47-37(69)35(67)34(66)29(17-58)79-47)53(5,20-59)30(52)10-11-54(31,6)55(24,7)16-32(57)64/h8,23,25-49,58-72,74H,9-22H2,1-7H3/t23-,25+,26-,27-,28+,29+,30+,31+,32+,33-,34+,35-,36-,37+,38+,39+,40-,41-,42+,43-,44-,45-,46-,47-,48-,49-,52-,53-,54+,55+,56+,57+/m0/s1. The van der Waals surface area contributed by atoms with Crippen molar-refractivity contribution >= 4 is 5.97 Å². The van der Waals surface area contributed by atoms with E-state index < -0.39 is 226 Å². The number of ether oxygens (including phenoxy) is 10. The molecule has 0 spiro atoms. The van der Waals surface area contributed by atoms with Crippen molar-refractivity contribution in [1.29, 1.82) is 0 Å². The summed E-state index contributed by atoms with van der Waals surface area (Å²) in [5.74, 6) is -1.84. The van der Waals surface area contributed by atoms with E-state index in [0.29, 0.717) is 32.1 Å². The summed E-state index contributed by atoms with van der Waals surface area (Å²) in [4.78, 5) is 15.4. The fourth-order valence-corrected chi connectivity index (χ4v) is 17.4. The van der Waals surface area contributed by atoms with Crippen LogP contribution in [0.5, 0.6) is 0 Å². The van der Waals surface area contributed by atoms with Crippen molar-refractivity contribution < 1.29 is 134 Å². The minimum atomic E-state index is -2.07. The van der Waals surface area contributed by atoms with Crippen LogP contribution in [0, 0.1) is 50.2 Å². The number of hydrogen-bond donors (Lipinski definition) is 16. The highest BCUT2D eigenvalue weighted by Crippen LogP contribution is 2.76. The van der Waals surface area contributed by atoms with E-state index in [-0.39, 0.29) is 36.5 Å². The summed E-state index contributed by atoms with van der Waals surface area (Å²) >= 11 is 0. The lowest BCUT2D eigenvalue weighted by Crippen LogP contribution is -2.70. The molecule has 84 heavy (non-hydrogen) atoms. The largest absolute Gasteiger partial charge is 0.432 e. The fourth-order valence-electron chi connectivity index (χ4n) is 17.4. The number of rotatable bonds is 13. The second-order valence-electron chi connectivity index (χ2n) is 28.0. The first-order valence-electron chi connectivity index (χ1n) is 29.7. The first-order valence-corrected chi connectivity index (χ1v) is 29.7. The third-order valence-corrected chi connectivity index (χ3v) is 22.6. The maximum Gasteiger partial charge on any atom is 0.317 e. The minimum Gasteiger partial charge on any atom is -0.432 e. The van der Waals surface area contributed by atoms with Gasteiger partial charge >= 0.3 is 5.97 Å². The average Bonchev–Trinajstić information content (AvgIpc) is 1.12. The van der Waals surface area contributed by atoms with Gasteiger partial charge in [0.15, 0.2) is 31.3 Å². The smallest absolute Gasteiger partial charge is 0.317 e. The molecule has 10 rings (SSSR count). The summed E-state index contributed by atoms with van der Waals surface area (Å²) < 4.78 is 58.6. The van der Waals surface area contributed by atoms with Gasteiger partial charge in [-0.05, 0) is 97.7 Å². The van der Waals surface area contributed by atoms with Crippen LogP contribution in [0.4, 0.5) is 0 Å². The van der Waals surface area contributed by atoms with Crippen molar-refractivity contribution in [1.82, 2.24) is 0 Å². The molecular weight excluding hydrogens is 1120 g/mol. The van der Waals surface area contributed by atoms with Crippen molar-refractivity contribution in [3.63, 3.8) is 0 Å². The van der Waals surface area contributed by atoms with Gasteiger partial charge in [-0.15, -0.1) is 0 Å². The minimum absolute atomic E-state index is 0.124. The van der Waals surface area contributed by atoms with Gasteiger partial charge in [0.05, 0.1) is 64.1 Å². The molecule has 9 fully saturated rings. The zero-order valence-corrected chi connectivity index (χ0v) is 48.6. The Hall–Kier alpha value is -1.79. The normalized spacial score (nSPS) is 55.6. The zero-order chi connectivity index (χ0) is 61.3. The van der Waals surface area contributed by atoms with E-state index in [4.69, 9.17) is 47.4 Å². The molecule has 27 heteroatoms. The summed E-state index contributed by atoms with van der Waals surface area (Å²) in [7, 11) is 0. The van der Waals surface area contributed by atoms with E-state index in [2.05, 4.69) is 40.7 Å². The molecule has 0 aromatic carbocycles. The predicted molar refractivity (Wildman–Crippen MR) is 280 cm³/mol. The average molecular weight is 1210 g/mol.